The Labute approximate surface area is 184 Å². The summed E-state index contributed by atoms with van der Waals surface area (Å²) in [6, 6.07) is 20.8. The molecule has 0 saturated heterocycles. The molecule has 31 heavy (non-hydrogen) atoms. The van der Waals surface area contributed by atoms with Crippen LogP contribution in [0.2, 0.25) is 5.02 Å². The van der Waals surface area contributed by atoms with Gasteiger partial charge in [0.25, 0.3) is 0 Å². The van der Waals surface area contributed by atoms with Gasteiger partial charge in [-0.05, 0) is 60.2 Å². The van der Waals surface area contributed by atoms with Crippen LogP contribution in [0.4, 0.5) is 11.6 Å². The van der Waals surface area contributed by atoms with Gasteiger partial charge >= 0.3 is 0 Å². The summed E-state index contributed by atoms with van der Waals surface area (Å²) in [7, 11) is 0. The first-order valence-electron chi connectivity index (χ1n) is 9.88. The lowest BCUT2D eigenvalue weighted by Crippen LogP contribution is -2.22. The van der Waals surface area contributed by atoms with Crippen molar-refractivity contribution in [1.82, 2.24) is 9.97 Å². The number of H-pyrrole nitrogens is 1. The Morgan fingerprint density at radius 1 is 0.968 bits per heavy atom. The average Bonchev–Trinajstić information content (AvgIpc) is 3.20. The lowest BCUT2D eigenvalue weighted by Gasteiger charge is -2.09. The molecule has 0 aliphatic heterocycles. The molecule has 4 rings (SSSR count). The molecule has 1 aromatic heterocycles. The summed E-state index contributed by atoms with van der Waals surface area (Å²) in [6.45, 7) is 0.607. The number of nitrogens with one attached hydrogen (secondary N) is 3. The first kappa shape index (κ1) is 21.0. The fraction of sp³-hybridized carbons (Fsp3) is 0.174. The molecular weight excluding hydrogens is 416 g/mol. The number of anilines is 2. The number of nitrogens with zero attached hydrogens (tertiary/aromatic N) is 1. The van der Waals surface area contributed by atoms with Crippen molar-refractivity contribution in [1.29, 1.82) is 0 Å². The van der Waals surface area contributed by atoms with Crippen LogP contribution >= 0.6 is 11.6 Å². The molecule has 0 radical (unpaired) electrons. The van der Waals surface area contributed by atoms with Crippen molar-refractivity contribution in [3.05, 3.63) is 77.3 Å². The summed E-state index contributed by atoms with van der Waals surface area (Å²) < 4.78 is 5.81. The summed E-state index contributed by atoms with van der Waals surface area (Å²) in [6.07, 6.45) is -0.794. The van der Waals surface area contributed by atoms with Crippen LogP contribution in [0.5, 0.6) is 11.5 Å². The van der Waals surface area contributed by atoms with E-state index in [1.54, 1.807) is 12.1 Å². The van der Waals surface area contributed by atoms with Gasteiger partial charge in [0.15, 0.2) is 0 Å². The van der Waals surface area contributed by atoms with Gasteiger partial charge in [-0.25, -0.2) is 4.98 Å². The lowest BCUT2D eigenvalue weighted by molar-refractivity contribution is 0.105. The normalized spacial score (nSPS) is 12.0. The van der Waals surface area contributed by atoms with E-state index < -0.39 is 6.10 Å². The van der Waals surface area contributed by atoms with E-state index in [-0.39, 0.29) is 13.2 Å². The molecule has 0 amide bonds. The van der Waals surface area contributed by atoms with E-state index in [9.17, 15) is 5.11 Å². The van der Waals surface area contributed by atoms with Crippen molar-refractivity contribution in [2.24, 2.45) is 0 Å². The van der Waals surface area contributed by atoms with Crippen LogP contribution in [0.15, 0.2) is 66.7 Å². The number of imidazole rings is 1. The van der Waals surface area contributed by atoms with E-state index in [1.165, 1.54) is 0 Å². The van der Waals surface area contributed by atoms with Crippen LogP contribution in [-0.2, 0) is 6.54 Å². The zero-order valence-corrected chi connectivity index (χ0v) is 17.4. The van der Waals surface area contributed by atoms with Crippen LogP contribution in [0.1, 0.15) is 5.56 Å². The summed E-state index contributed by atoms with van der Waals surface area (Å²) >= 11 is 5.89. The van der Waals surface area contributed by atoms with Gasteiger partial charge in [0.2, 0.25) is 5.95 Å². The van der Waals surface area contributed by atoms with Crippen LogP contribution in [-0.4, -0.2) is 39.4 Å². The minimum atomic E-state index is -0.794. The topological polar surface area (TPSA) is 102 Å². The summed E-state index contributed by atoms with van der Waals surface area (Å²) in [5.41, 5.74) is 3.64. The highest BCUT2D eigenvalue weighted by molar-refractivity contribution is 6.30. The number of benzene rings is 3. The molecule has 5 N–H and O–H groups in total. The van der Waals surface area contributed by atoms with Gasteiger partial charge in [0.05, 0.1) is 23.7 Å². The Morgan fingerprint density at radius 3 is 2.39 bits per heavy atom. The first-order chi connectivity index (χ1) is 15.1. The smallest absolute Gasteiger partial charge is 0.201 e. The Morgan fingerprint density at radius 2 is 1.68 bits per heavy atom. The molecule has 0 saturated carbocycles. The van der Waals surface area contributed by atoms with Crippen molar-refractivity contribution >= 4 is 34.3 Å². The maximum atomic E-state index is 9.46. The van der Waals surface area contributed by atoms with Gasteiger partial charge in [-0.15, -0.1) is 0 Å². The molecular formula is C23H23ClN4O3. The SMILES string of the molecule is OCC(O)CNc1ccc2nc(NCc3ccc(Oc4ccc(Cl)cc4)cc3)[nH]c2c1. The monoisotopic (exact) mass is 438 g/mol. The van der Waals surface area contributed by atoms with Crippen molar-refractivity contribution in [3.63, 3.8) is 0 Å². The minimum Gasteiger partial charge on any atom is -0.457 e. The molecule has 1 atom stereocenters. The van der Waals surface area contributed by atoms with E-state index in [1.807, 2.05) is 54.6 Å². The molecule has 0 aliphatic carbocycles. The van der Waals surface area contributed by atoms with E-state index >= 15 is 0 Å². The number of hydrogen-bond acceptors (Lipinski definition) is 6. The third-order valence-electron chi connectivity index (χ3n) is 4.67. The maximum Gasteiger partial charge on any atom is 0.201 e. The third kappa shape index (κ3) is 5.67. The summed E-state index contributed by atoms with van der Waals surface area (Å²) in [5, 5.41) is 25.4. The van der Waals surface area contributed by atoms with E-state index in [0.29, 0.717) is 17.5 Å². The fourth-order valence-corrected chi connectivity index (χ4v) is 3.13. The second-order valence-corrected chi connectivity index (χ2v) is 7.52. The van der Waals surface area contributed by atoms with Crippen molar-refractivity contribution < 1.29 is 14.9 Å². The van der Waals surface area contributed by atoms with Gasteiger partial charge in [-0.1, -0.05) is 23.7 Å². The predicted molar refractivity (Wildman–Crippen MR) is 123 cm³/mol. The molecule has 1 heterocycles. The molecule has 160 valence electrons. The molecule has 0 spiro atoms. The highest BCUT2D eigenvalue weighted by Crippen LogP contribution is 2.24. The molecule has 1 unspecified atom stereocenters. The highest BCUT2D eigenvalue weighted by Gasteiger charge is 2.06. The number of halogens is 1. The lowest BCUT2D eigenvalue weighted by atomic mass is 10.2. The van der Waals surface area contributed by atoms with Crippen molar-refractivity contribution in [3.8, 4) is 11.5 Å². The molecule has 3 aromatic carbocycles. The van der Waals surface area contributed by atoms with Crippen LogP contribution < -0.4 is 15.4 Å². The molecule has 7 nitrogen and oxygen atoms in total. The second-order valence-electron chi connectivity index (χ2n) is 7.09. The number of hydrogen-bond donors (Lipinski definition) is 5. The Balaban J connectivity index is 1.34. The molecule has 0 aliphatic rings. The van der Waals surface area contributed by atoms with Crippen LogP contribution in [0, 0.1) is 0 Å². The van der Waals surface area contributed by atoms with Crippen molar-refractivity contribution in [2.75, 3.05) is 23.8 Å². The average molecular weight is 439 g/mol. The zero-order chi connectivity index (χ0) is 21.6. The van der Waals surface area contributed by atoms with Gasteiger partial charge in [0.1, 0.15) is 11.5 Å². The standard InChI is InChI=1S/C23H23ClN4O3/c24-16-3-8-20(9-4-16)31-19-6-1-15(2-7-19)12-26-23-27-21-10-5-17(11-22(21)28-23)25-13-18(30)14-29/h1-11,18,25,29-30H,12-14H2,(H2,26,27,28). The Kier molecular flexibility index (Phi) is 6.57. The Hall–Kier alpha value is -3.26. The van der Waals surface area contributed by atoms with Crippen molar-refractivity contribution in [2.45, 2.75) is 12.6 Å². The van der Waals surface area contributed by atoms with E-state index in [4.69, 9.17) is 21.4 Å². The van der Waals surface area contributed by atoms with E-state index in [0.717, 1.165) is 33.8 Å². The molecule has 8 heteroatoms. The highest BCUT2D eigenvalue weighted by atomic mass is 35.5. The van der Waals surface area contributed by atoms with Crippen LogP contribution in [0.25, 0.3) is 11.0 Å². The third-order valence-corrected chi connectivity index (χ3v) is 4.92. The summed E-state index contributed by atoms with van der Waals surface area (Å²) in [5.74, 6) is 2.16. The number of ether oxygens (including phenoxy) is 1. The van der Waals surface area contributed by atoms with Gasteiger partial charge in [-0.2, -0.15) is 0 Å². The Bertz CT molecular complexity index is 1130. The fourth-order valence-electron chi connectivity index (χ4n) is 3.00. The number of aromatic amines is 1. The van der Waals surface area contributed by atoms with Crippen LogP contribution in [0.3, 0.4) is 0 Å². The number of fused-ring (bicyclic) bond motifs is 1. The number of aliphatic hydroxyl groups excluding tert-OH is 2. The van der Waals surface area contributed by atoms with E-state index in [2.05, 4.69) is 20.6 Å². The molecule has 0 bridgehead atoms. The molecule has 4 aromatic rings. The quantitative estimate of drug-likeness (QED) is 0.265. The number of aromatic nitrogens is 2. The summed E-state index contributed by atoms with van der Waals surface area (Å²) in [4.78, 5) is 7.79. The largest absolute Gasteiger partial charge is 0.457 e. The predicted octanol–water partition coefficient (Wildman–Crippen LogP) is 4.39. The molecule has 0 fully saturated rings. The number of aliphatic hydroxyl groups is 2. The van der Waals surface area contributed by atoms with Gasteiger partial charge in [0, 0.05) is 23.8 Å². The van der Waals surface area contributed by atoms with Gasteiger partial charge < -0.3 is 30.6 Å². The van der Waals surface area contributed by atoms with Gasteiger partial charge in [-0.3, -0.25) is 0 Å². The second kappa shape index (κ2) is 9.70. The zero-order valence-electron chi connectivity index (χ0n) is 16.7. The number of rotatable bonds is 9. The maximum absolute atomic E-state index is 9.46. The minimum absolute atomic E-state index is 0.276. The first-order valence-corrected chi connectivity index (χ1v) is 10.3.